The number of hydrogen-bond acceptors (Lipinski definition) is 5. The zero-order valence-electron chi connectivity index (χ0n) is 14.5. The van der Waals surface area contributed by atoms with Crippen LogP contribution in [0.3, 0.4) is 0 Å². The molecular weight excluding hydrogens is 361 g/mol. The van der Waals surface area contributed by atoms with Crippen LogP contribution >= 0.6 is 0 Å². The second kappa shape index (κ2) is 7.36. The lowest BCUT2D eigenvalue weighted by molar-refractivity contribution is -0.274. The van der Waals surface area contributed by atoms with Crippen LogP contribution in [0.25, 0.3) is 11.3 Å². The van der Waals surface area contributed by atoms with Crippen LogP contribution in [0, 0.1) is 0 Å². The number of para-hydroxylation sites is 1. The molecule has 4 rings (SSSR count). The molecule has 5 nitrogen and oxygen atoms in total. The highest BCUT2D eigenvalue weighted by molar-refractivity contribution is 5.68. The van der Waals surface area contributed by atoms with Gasteiger partial charge in [0.2, 0.25) is 0 Å². The number of pyridine rings is 1. The van der Waals surface area contributed by atoms with Gasteiger partial charge in [0, 0.05) is 12.1 Å². The smallest absolute Gasteiger partial charge is 0.405 e. The molecule has 2 saturated heterocycles. The lowest BCUT2D eigenvalue weighted by atomic mass is 10.1. The molecule has 0 amide bonds. The molecule has 144 valence electrons. The minimum atomic E-state index is -4.76. The predicted octanol–water partition coefficient (Wildman–Crippen LogP) is 3.99. The summed E-state index contributed by atoms with van der Waals surface area (Å²) in [5, 5.41) is 0. The molecule has 0 bridgehead atoms. The zero-order valence-corrected chi connectivity index (χ0v) is 14.5. The summed E-state index contributed by atoms with van der Waals surface area (Å²) >= 11 is 0. The van der Waals surface area contributed by atoms with Gasteiger partial charge in [0.25, 0.3) is 0 Å². The normalized spacial score (nSPS) is 21.0. The van der Waals surface area contributed by atoms with Crippen LogP contribution in [-0.4, -0.2) is 43.4 Å². The van der Waals surface area contributed by atoms with E-state index in [1.807, 2.05) is 6.07 Å². The fourth-order valence-corrected chi connectivity index (χ4v) is 3.58. The minimum absolute atomic E-state index is 0.0527. The first-order valence-corrected chi connectivity index (χ1v) is 8.83. The van der Waals surface area contributed by atoms with Gasteiger partial charge in [0.15, 0.2) is 6.29 Å². The van der Waals surface area contributed by atoms with E-state index in [4.69, 9.17) is 9.47 Å². The van der Waals surface area contributed by atoms with Crippen LogP contribution in [0.2, 0.25) is 0 Å². The number of hydrogen-bond donors (Lipinski definition) is 0. The van der Waals surface area contributed by atoms with E-state index in [0.29, 0.717) is 30.3 Å². The second-order valence-corrected chi connectivity index (χ2v) is 6.44. The maximum absolute atomic E-state index is 12.7. The molecule has 0 aliphatic carbocycles. The van der Waals surface area contributed by atoms with Gasteiger partial charge in [0.05, 0.1) is 24.9 Å². The Balaban J connectivity index is 1.64. The van der Waals surface area contributed by atoms with Crippen molar-refractivity contribution >= 4 is 5.82 Å². The van der Waals surface area contributed by atoms with E-state index in [9.17, 15) is 13.2 Å². The van der Waals surface area contributed by atoms with E-state index in [2.05, 4.69) is 14.6 Å². The number of alkyl halides is 3. The van der Waals surface area contributed by atoms with Crippen LogP contribution in [0.1, 0.15) is 12.8 Å². The number of benzene rings is 1. The largest absolute Gasteiger partial charge is 0.573 e. The van der Waals surface area contributed by atoms with E-state index >= 15 is 0 Å². The van der Waals surface area contributed by atoms with Crippen molar-refractivity contribution in [2.45, 2.75) is 31.5 Å². The average molecular weight is 380 g/mol. The SMILES string of the molecule is FC(F)(F)Oc1ccccc1-c1cccc(N2CCCC2C2OCCO2)n1. The molecule has 1 aromatic heterocycles. The summed E-state index contributed by atoms with van der Waals surface area (Å²) in [5.41, 5.74) is 0.715. The Morgan fingerprint density at radius 2 is 1.81 bits per heavy atom. The van der Waals surface area contributed by atoms with Crippen molar-refractivity contribution in [3.63, 3.8) is 0 Å². The Kier molecular flexibility index (Phi) is 4.92. The Labute approximate surface area is 154 Å². The number of halogens is 3. The lowest BCUT2D eigenvalue weighted by Gasteiger charge is -2.29. The summed E-state index contributed by atoms with van der Waals surface area (Å²) in [6.07, 6.45) is -3.15. The van der Waals surface area contributed by atoms with Crippen molar-refractivity contribution in [3.8, 4) is 17.0 Å². The third-order valence-corrected chi connectivity index (χ3v) is 4.68. The van der Waals surface area contributed by atoms with Gasteiger partial charge in [-0.15, -0.1) is 13.2 Å². The first-order valence-electron chi connectivity index (χ1n) is 8.83. The van der Waals surface area contributed by atoms with Gasteiger partial charge in [-0.3, -0.25) is 0 Å². The summed E-state index contributed by atoms with van der Waals surface area (Å²) in [7, 11) is 0. The predicted molar refractivity (Wildman–Crippen MR) is 92.4 cm³/mol. The van der Waals surface area contributed by atoms with Crippen molar-refractivity contribution in [2.75, 3.05) is 24.7 Å². The molecule has 3 heterocycles. The molecule has 1 unspecified atom stereocenters. The molecule has 0 radical (unpaired) electrons. The molecule has 8 heteroatoms. The van der Waals surface area contributed by atoms with Crippen molar-refractivity contribution < 1.29 is 27.4 Å². The fraction of sp³-hybridized carbons (Fsp3) is 0.421. The van der Waals surface area contributed by atoms with Crippen LogP contribution in [0.4, 0.5) is 19.0 Å². The molecule has 27 heavy (non-hydrogen) atoms. The van der Waals surface area contributed by atoms with Gasteiger partial charge < -0.3 is 19.1 Å². The summed E-state index contributed by atoms with van der Waals surface area (Å²) in [6.45, 7) is 1.94. The minimum Gasteiger partial charge on any atom is -0.405 e. The monoisotopic (exact) mass is 380 g/mol. The molecule has 2 aromatic rings. The molecule has 0 N–H and O–H groups in total. The fourth-order valence-electron chi connectivity index (χ4n) is 3.58. The number of aromatic nitrogens is 1. The third-order valence-electron chi connectivity index (χ3n) is 4.68. The molecular formula is C19H19F3N2O3. The highest BCUT2D eigenvalue weighted by atomic mass is 19.4. The maximum Gasteiger partial charge on any atom is 0.573 e. The van der Waals surface area contributed by atoms with Gasteiger partial charge in [-0.05, 0) is 37.1 Å². The van der Waals surface area contributed by atoms with Gasteiger partial charge in [0.1, 0.15) is 11.6 Å². The highest BCUT2D eigenvalue weighted by Crippen LogP contribution is 2.35. The van der Waals surface area contributed by atoms with Gasteiger partial charge >= 0.3 is 6.36 Å². The number of anilines is 1. The summed E-state index contributed by atoms with van der Waals surface area (Å²) in [5.74, 6) is 0.422. The molecule has 0 spiro atoms. The molecule has 2 aliphatic rings. The maximum atomic E-state index is 12.7. The Morgan fingerprint density at radius 3 is 2.59 bits per heavy atom. The standard InChI is InChI=1S/C19H19F3N2O3/c20-19(21,22)27-16-8-2-1-5-13(16)14-6-3-9-17(23-14)24-10-4-7-15(24)18-25-11-12-26-18/h1-3,5-6,8-9,15,18H,4,7,10-12H2. The van der Waals surface area contributed by atoms with Crippen molar-refractivity contribution in [1.82, 2.24) is 4.98 Å². The highest BCUT2D eigenvalue weighted by Gasteiger charge is 2.36. The van der Waals surface area contributed by atoms with Gasteiger partial charge in [-0.2, -0.15) is 0 Å². The second-order valence-electron chi connectivity index (χ2n) is 6.44. The number of nitrogens with zero attached hydrogens (tertiary/aromatic N) is 2. The summed E-state index contributed by atoms with van der Waals surface area (Å²) < 4.78 is 53.6. The third kappa shape index (κ3) is 4.01. The molecule has 2 aliphatic heterocycles. The molecule has 1 atom stereocenters. The van der Waals surface area contributed by atoms with Crippen molar-refractivity contribution in [3.05, 3.63) is 42.5 Å². The van der Waals surface area contributed by atoms with Crippen molar-refractivity contribution in [2.24, 2.45) is 0 Å². The van der Waals surface area contributed by atoms with E-state index < -0.39 is 6.36 Å². The Morgan fingerprint density at radius 1 is 1.04 bits per heavy atom. The first-order chi connectivity index (χ1) is 13.0. The van der Waals surface area contributed by atoms with E-state index in [0.717, 1.165) is 19.4 Å². The molecule has 0 saturated carbocycles. The topological polar surface area (TPSA) is 43.8 Å². The molecule has 1 aromatic carbocycles. The number of rotatable bonds is 4. The first kappa shape index (κ1) is 18.1. The van der Waals surface area contributed by atoms with Gasteiger partial charge in [-0.1, -0.05) is 18.2 Å². The lowest BCUT2D eigenvalue weighted by Crippen LogP contribution is -2.40. The summed E-state index contributed by atoms with van der Waals surface area (Å²) in [6, 6.07) is 11.4. The zero-order chi connectivity index (χ0) is 18.9. The Hall–Kier alpha value is -2.32. The van der Waals surface area contributed by atoms with Crippen molar-refractivity contribution in [1.29, 1.82) is 0 Å². The van der Waals surface area contributed by atoms with E-state index in [1.54, 1.807) is 24.3 Å². The summed E-state index contributed by atoms with van der Waals surface area (Å²) in [4.78, 5) is 6.71. The number of ether oxygens (including phenoxy) is 3. The van der Waals surface area contributed by atoms with Crippen LogP contribution < -0.4 is 9.64 Å². The average Bonchev–Trinajstić information content (AvgIpc) is 3.32. The van der Waals surface area contributed by atoms with Crippen LogP contribution in [-0.2, 0) is 9.47 Å². The van der Waals surface area contributed by atoms with E-state index in [-0.39, 0.29) is 18.1 Å². The van der Waals surface area contributed by atoms with E-state index in [1.165, 1.54) is 12.1 Å². The molecule has 2 fully saturated rings. The Bertz CT molecular complexity index is 794. The van der Waals surface area contributed by atoms with Gasteiger partial charge in [-0.25, -0.2) is 4.98 Å². The van der Waals surface area contributed by atoms with Crippen LogP contribution in [0.15, 0.2) is 42.5 Å². The van der Waals surface area contributed by atoms with Crippen LogP contribution in [0.5, 0.6) is 5.75 Å². The quantitative estimate of drug-likeness (QED) is 0.803.